The Morgan fingerprint density at radius 2 is 1.48 bits per heavy atom. The Morgan fingerprint density at radius 3 is 2.11 bits per heavy atom. The Hall–Kier alpha value is -3.87. The normalized spacial score (nSPS) is 16.3. The van der Waals surface area contributed by atoms with Crippen LogP contribution < -0.4 is 9.96 Å². The average molecular weight is 361 g/mol. The van der Waals surface area contributed by atoms with Crippen LogP contribution in [0.25, 0.3) is 0 Å². The number of nitro groups is 1. The van der Waals surface area contributed by atoms with E-state index in [0.717, 1.165) is 0 Å². The van der Waals surface area contributed by atoms with Gasteiger partial charge in [0.2, 0.25) is 0 Å². The maximum Gasteiger partial charge on any atom is 0.440 e. The molecule has 0 aliphatic carbocycles. The lowest BCUT2D eigenvalue weighted by Gasteiger charge is -2.27. The van der Waals surface area contributed by atoms with Gasteiger partial charge in [-0.25, -0.2) is 9.69 Å². The van der Waals surface area contributed by atoms with E-state index in [0.29, 0.717) is 16.9 Å². The number of hydrogen-bond donors (Lipinski definition) is 0. The molecule has 0 aromatic heterocycles. The number of carbonyl (C=O) groups excluding carboxylic acids is 1. The summed E-state index contributed by atoms with van der Waals surface area (Å²) in [4.78, 5) is 30.5. The minimum Gasteiger partial charge on any atom is -0.319 e. The molecule has 0 radical (unpaired) electrons. The van der Waals surface area contributed by atoms with Crippen LogP contribution in [0.1, 0.15) is 11.7 Å². The monoisotopic (exact) mass is 361 g/mol. The van der Waals surface area contributed by atoms with Gasteiger partial charge in [0.15, 0.2) is 6.17 Å². The van der Waals surface area contributed by atoms with Gasteiger partial charge in [0.05, 0.1) is 10.6 Å². The first-order valence-corrected chi connectivity index (χ1v) is 8.30. The molecule has 1 aliphatic heterocycles. The molecule has 1 amide bonds. The smallest absolute Gasteiger partial charge is 0.319 e. The Bertz CT molecular complexity index is 979. The van der Waals surface area contributed by atoms with Crippen LogP contribution in [0.2, 0.25) is 0 Å². The van der Waals surface area contributed by atoms with Gasteiger partial charge < -0.3 is 4.84 Å². The van der Waals surface area contributed by atoms with Crippen LogP contribution in [0.15, 0.2) is 84.9 Å². The molecule has 3 aromatic carbocycles. The summed E-state index contributed by atoms with van der Waals surface area (Å²) in [6.07, 6.45) is -1.23. The summed E-state index contributed by atoms with van der Waals surface area (Å²) >= 11 is 0. The van der Waals surface area contributed by atoms with Crippen molar-refractivity contribution in [1.82, 2.24) is 0 Å². The third kappa shape index (κ3) is 3.06. The number of benzene rings is 3. The molecule has 0 spiro atoms. The highest BCUT2D eigenvalue weighted by Gasteiger charge is 2.43. The van der Waals surface area contributed by atoms with E-state index in [4.69, 9.17) is 4.84 Å². The van der Waals surface area contributed by atoms with E-state index in [1.807, 2.05) is 48.5 Å². The molecule has 0 bridgehead atoms. The summed E-state index contributed by atoms with van der Waals surface area (Å²) in [6, 6.07) is 24.4. The predicted molar refractivity (Wildman–Crippen MR) is 100 cm³/mol. The van der Waals surface area contributed by atoms with Crippen molar-refractivity contribution in [1.29, 1.82) is 0 Å². The molecule has 1 heterocycles. The van der Waals surface area contributed by atoms with Crippen molar-refractivity contribution in [3.63, 3.8) is 0 Å². The van der Waals surface area contributed by atoms with Gasteiger partial charge in [-0.1, -0.05) is 48.5 Å². The first kappa shape index (κ1) is 16.6. The molecule has 7 nitrogen and oxygen atoms in total. The zero-order valence-electron chi connectivity index (χ0n) is 14.1. The van der Waals surface area contributed by atoms with E-state index in [1.165, 1.54) is 22.1 Å². The molecule has 4 rings (SSSR count). The number of nitro benzene ring substituents is 1. The molecule has 1 aliphatic rings. The molecule has 0 unspecified atom stereocenters. The van der Waals surface area contributed by atoms with Gasteiger partial charge >= 0.3 is 6.09 Å². The summed E-state index contributed by atoms with van der Waals surface area (Å²) in [7, 11) is 0. The number of rotatable bonds is 4. The van der Waals surface area contributed by atoms with Gasteiger partial charge in [-0.3, -0.25) is 10.1 Å². The van der Waals surface area contributed by atoms with Crippen molar-refractivity contribution < 1.29 is 14.6 Å². The fourth-order valence-electron chi connectivity index (χ4n) is 3.07. The van der Waals surface area contributed by atoms with Gasteiger partial charge in [0.1, 0.15) is 0 Å². The lowest BCUT2D eigenvalue weighted by Crippen LogP contribution is -2.31. The van der Waals surface area contributed by atoms with Gasteiger partial charge in [0, 0.05) is 23.4 Å². The van der Waals surface area contributed by atoms with E-state index in [-0.39, 0.29) is 5.69 Å². The number of anilines is 2. The van der Waals surface area contributed by atoms with E-state index < -0.39 is 17.2 Å². The molecule has 7 heteroatoms. The number of non-ortho nitro benzene ring substituents is 1. The fraction of sp³-hybridized carbons (Fsp3) is 0.0500. The zero-order chi connectivity index (χ0) is 18.8. The lowest BCUT2D eigenvalue weighted by molar-refractivity contribution is -0.384. The van der Waals surface area contributed by atoms with Gasteiger partial charge in [-0.2, -0.15) is 5.06 Å². The number of hydrogen-bond acceptors (Lipinski definition) is 5. The average Bonchev–Trinajstić information content (AvgIpc) is 3.06. The highest BCUT2D eigenvalue weighted by Crippen LogP contribution is 2.40. The first-order valence-electron chi connectivity index (χ1n) is 8.30. The van der Waals surface area contributed by atoms with E-state index in [1.54, 1.807) is 24.3 Å². The molecule has 134 valence electrons. The van der Waals surface area contributed by atoms with Crippen LogP contribution in [0.4, 0.5) is 21.9 Å². The summed E-state index contributed by atoms with van der Waals surface area (Å²) in [5.74, 6) is 0. The lowest BCUT2D eigenvalue weighted by atomic mass is 10.1. The maximum absolute atomic E-state index is 12.7. The van der Waals surface area contributed by atoms with Crippen molar-refractivity contribution in [3.05, 3.63) is 101 Å². The molecule has 3 aromatic rings. The zero-order valence-corrected chi connectivity index (χ0v) is 14.1. The molecular formula is C20H15N3O4. The SMILES string of the molecule is O=C1ON(c2ccccc2)[C@H](c2cccc([N+](=O)[O-])c2)N1c1ccccc1. The second-order valence-corrected chi connectivity index (χ2v) is 5.95. The van der Waals surface area contributed by atoms with E-state index in [2.05, 4.69) is 0 Å². The second-order valence-electron chi connectivity index (χ2n) is 5.95. The van der Waals surface area contributed by atoms with Gasteiger partial charge in [-0.15, -0.1) is 0 Å². The Morgan fingerprint density at radius 1 is 0.852 bits per heavy atom. The number of hydroxylamine groups is 1. The van der Waals surface area contributed by atoms with Gasteiger partial charge in [-0.05, 0) is 24.3 Å². The molecular weight excluding hydrogens is 346 g/mol. The minimum atomic E-state index is -0.679. The Kier molecular flexibility index (Phi) is 4.18. The number of nitrogens with zero attached hydrogens (tertiary/aromatic N) is 3. The van der Waals surface area contributed by atoms with Crippen molar-refractivity contribution in [3.8, 4) is 0 Å². The van der Waals surface area contributed by atoms with Crippen molar-refractivity contribution in [2.45, 2.75) is 6.17 Å². The molecule has 1 saturated heterocycles. The summed E-state index contributed by atoms with van der Waals surface area (Å²) < 4.78 is 0. The van der Waals surface area contributed by atoms with Crippen LogP contribution in [0.5, 0.6) is 0 Å². The van der Waals surface area contributed by atoms with Crippen molar-refractivity contribution in [2.24, 2.45) is 0 Å². The van der Waals surface area contributed by atoms with Crippen LogP contribution in [0.3, 0.4) is 0 Å². The molecule has 27 heavy (non-hydrogen) atoms. The van der Waals surface area contributed by atoms with E-state index >= 15 is 0 Å². The van der Waals surface area contributed by atoms with Crippen LogP contribution in [0, 0.1) is 10.1 Å². The fourth-order valence-corrected chi connectivity index (χ4v) is 3.07. The topological polar surface area (TPSA) is 75.9 Å². The Balaban J connectivity index is 1.85. The van der Waals surface area contributed by atoms with Gasteiger partial charge in [0.25, 0.3) is 5.69 Å². The number of para-hydroxylation sites is 2. The van der Waals surface area contributed by atoms with Crippen LogP contribution >= 0.6 is 0 Å². The number of carbonyl (C=O) groups is 1. The quantitative estimate of drug-likeness (QED) is 0.498. The summed E-state index contributed by atoms with van der Waals surface area (Å²) in [5, 5.41) is 12.7. The third-order valence-corrected chi connectivity index (χ3v) is 4.26. The molecule has 1 atom stereocenters. The highest BCUT2D eigenvalue weighted by atomic mass is 16.7. The van der Waals surface area contributed by atoms with Crippen LogP contribution in [-0.2, 0) is 4.84 Å². The number of amides is 1. The third-order valence-electron chi connectivity index (χ3n) is 4.26. The van der Waals surface area contributed by atoms with E-state index in [9.17, 15) is 14.9 Å². The molecule has 0 N–H and O–H groups in total. The predicted octanol–water partition coefficient (Wildman–Crippen LogP) is 4.67. The minimum absolute atomic E-state index is 0.0483. The van der Waals surface area contributed by atoms with Crippen molar-refractivity contribution in [2.75, 3.05) is 9.96 Å². The highest BCUT2D eigenvalue weighted by molar-refractivity contribution is 5.92. The standard InChI is InChI=1S/C20H15N3O4/c24-20-21(16-9-3-1-4-10-16)19(15-8-7-13-18(14-15)23(25)26)22(27-20)17-11-5-2-6-12-17/h1-14,19H/t19-/m1/s1. The maximum atomic E-state index is 12.7. The summed E-state index contributed by atoms with van der Waals surface area (Å²) in [5.41, 5.74) is 1.83. The largest absolute Gasteiger partial charge is 0.440 e. The first-order chi connectivity index (χ1) is 13.1. The molecule has 0 saturated carbocycles. The van der Waals surface area contributed by atoms with Crippen molar-refractivity contribution >= 4 is 23.2 Å². The summed E-state index contributed by atoms with van der Waals surface area (Å²) in [6.45, 7) is 0. The Labute approximate surface area is 155 Å². The van der Waals surface area contributed by atoms with Crippen LogP contribution in [-0.4, -0.2) is 11.0 Å². The second kappa shape index (κ2) is 6.80. The molecule has 1 fully saturated rings.